The largest absolute Gasteiger partial charge is 0.486 e. The Hall–Kier alpha value is -2.58. The molecule has 2 aromatic carbocycles. The van der Waals surface area contributed by atoms with Crippen molar-refractivity contribution in [2.75, 3.05) is 25.1 Å². The number of ether oxygens (including phenoxy) is 2. The fourth-order valence-corrected chi connectivity index (χ4v) is 5.56. The Bertz CT molecular complexity index is 1070. The maximum atomic E-state index is 13.3. The maximum absolute atomic E-state index is 13.3. The molecular weight excluding hydrogens is 416 g/mol. The number of benzene rings is 2. The molecule has 0 aromatic heterocycles. The predicted molar refractivity (Wildman–Crippen MR) is 118 cm³/mol. The molecule has 2 aliphatic heterocycles. The van der Waals surface area contributed by atoms with E-state index in [9.17, 15) is 13.2 Å². The first kappa shape index (κ1) is 21.6. The molecule has 166 valence electrons. The molecule has 1 amide bonds. The lowest BCUT2D eigenvalue weighted by atomic mass is 9.87. The summed E-state index contributed by atoms with van der Waals surface area (Å²) in [6, 6.07) is 11.5. The summed E-state index contributed by atoms with van der Waals surface area (Å²) in [5.41, 5.74) is 1.83. The summed E-state index contributed by atoms with van der Waals surface area (Å²) in [4.78, 5) is 13.1. The maximum Gasteiger partial charge on any atom is 0.243 e. The first-order valence-corrected chi connectivity index (χ1v) is 11.9. The van der Waals surface area contributed by atoms with Crippen LogP contribution in [0.4, 0.5) is 5.69 Å². The van der Waals surface area contributed by atoms with E-state index in [2.05, 4.69) is 26.1 Å². The lowest BCUT2D eigenvalue weighted by Gasteiger charge is -2.25. The molecule has 2 heterocycles. The fourth-order valence-electron chi connectivity index (χ4n) is 3.89. The average molecular weight is 445 g/mol. The van der Waals surface area contributed by atoms with E-state index in [-0.39, 0.29) is 16.2 Å². The predicted octanol–water partition coefficient (Wildman–Crippen LogP) is 3.55. The van der Waals surface area contributed by atoms with Crippen LogP contribution in [-0.4, -0.2) is 44.4 Å². The smallest absolute Gasteiger partial charge is 0.243 e. The molecule has 1 saturated heterocycles. The number of rotatable bonds is 4. The molecule has 0 saturated carbocycles. The summed E-state index contributed by atoms with van der Waals surface area (Å²) in [6.45, 7) is 7.49. The summed E-state index contributed by atoms with van der Waals surface area (Å²) in [5, 5.41) is 2.88. The van der Waals surface area contributed by atoms with Crippen molar-refractivity contribution < 1.29 is 22.7 Å². The lowest BCUT2D eigenvalue weighted by Crippen LogP contribution is -2.43. The summed E-state index contributed by atoms with van der Waals surface area (Å²) in [5.74, 6) is 0.619. The topological polar surface area (TPSA) is 84.9 Å². The third-order valence-corrected chi connectivity index (χ3v) is 7.55. The van der Waals surface area contributed by atoms with Crippen molar-refractivity contribution >= 4 is 21.6 Å². The van der Waals surface area contributed by atoms with Gasteiger partial charge in [0.1, 0.15) is 19.3 Å². The quantitative estimate of drug-likeness (QED) is 0.780. The summed E-state index contributed by atoms with van der Waals surface area (Å²) in [7, 11) is -3.85. The van der Waals surface area contributed by atoms with E-state index in [4.69, 9.17) is 9.47 Å². The molecule has 2 aromatic rings. The standard InChI is InChI=1S/C23H28N2O5S/c1-23(2,3)16-6-8-17(9-7-16)24-22(26)19-5-4-12-25(19)31(27,28)18-10-11-20-21(15-18)30-14-13-29-20/h6-11,15,19H,4-5,12-14H2,1-3H3,(H,24,26). The molecule has 8 heteroatoms. The van der Waals surface area contributed by atoms with Crippen molar-refractivity contribution in [3.05, 3.63) is 48.0 Å². The van der Waals surface area contributed by atoms with E-state index in [0.717, 1.165) is 5.56 Å². The van der Waals surface area contributed by atoms with Gasteiger partial charge in [0, 0.05) is 18.3 Å². The van der Waals surface area contributed by atoms with Crippen molar-refractivity contribution in [1.82, 2.24) is 4.31 Å². The van der Waals surface area contributed by atoms with Gasteiger partial charge in [0.05, 0.1) is 4.90 Å². The highest BCUT2D eigenvalue weighted by Gasteiger charge is 2.40. The third kappa shape index (κ3) is 4.41. The van der Waals surface area contributed by atoms with Crippen LogP contribution in [-0.2, 0) is 20.2 Å². The van der Waals surface area contributed by atoms with Crippen molar-refractivity contribution in [1.29, 1.82) is 0 Å². The first-order chi connectivity index (χ1) is 14.7. The highest BCUT2D eigenvalue weighted by Crippen LogP contribution is 2.35. The molecule has 4 rings (SSSR count). The number of carbonyl (C=O) groups is 1. The molecule has 0 spiro atoms. The van der Waals surface area contributed by atoms with E-state index < -0.39 is 16.1 Å². The van der Waals surface area contributed by atoms with E-state index in [1.165, 1.54) is 16.4 Å². The molecule has 0 bridgehead atoms. The Morgan fingerprint density at radius 2 is 1.71 bits per heavy atom. The first-order valence-electron chi connectivity index (χ1n) is 10.5. The van der Waals surface area contributed by atoms with Crippen molar-refractivity contribution in [2.45, 2.75) is 50.0 Å². The Morgan fingerprint density at radius 1 is 1.03 bits per heavy atom. The molecule has 31 heavy (non-hydrogen) atoms. The minimum Gasteiger partial charge on any atom is -0.486 e. The van der Waals surface area contributed by atoms with Crippen LogP contribution in [0.25, 0.3) is 0 Å². The number of nitrogens with one attached hydrogen (secondary N) is 1. The Balaban J connectivity index is 1.52. The zero-order chi connectivity index (χ0) is 22.2. The van der Waals surface area contributed by atoms with Gasteiger partial charge in [0.25, 0.3) is 0 Å². The molecule has 1 fully saturated rings. The summed E-state index contributed by atoms with van der Waals surface area (Å²) >= 11 is 0. The van der Waals surface area contributed by atoms with Crippen LogP contribution in [0.2, 0.25) is 0 Å². The Labute approximate surface area is 183 Å². The van der Waals surface area contributed by atoms with Gasteiger partial charge in [-0.05, 0) is 48.1 Å². The van der Waals surface area contributed by atoms with Gasteiger partial charge in [-0.15, -0.1) is 0 Å². The SMILES string of the molecule is CC(C)(C)c1ccc(NC(=O)C2CCCN2S(=O)(=O)c2ccc3c(c2)OCCO3)cc1. The van der Waals surface area contributed by atoms with Gasteiger partial charge in [0.2, 0.25) is 15.9 Å². The monoisotopic (exact) mass is 444 g/mol. The Morgan fingerprint density at radius 3 is 2.39 bits per heavy atom. The van der Waals surface area contributed by atoms with Crippen molar-refractivity contribution in [3.8, 4) is 11.5 Å². The van der Waals surface area contributed by atoms with Gasteiger partial charge in [-0.2, -0.15) is 4.31 Å². The molecular formula is C23H28N2O5S. The van der Waals surface area contributed by atoms with Crippen molar-refractivity contribution in [2.24, 2.45) is 0 Å². The lowest BCUT2D eigenvalue weighted by molar-refractivity contribution is -0.119. The Kier molecular flexibility index (Phi) is 5.70. The normalized spacial score (nSPS) is 19.3. The zero-order valence-electron chi connectivity index (χ0n) is 18.1. The minimum absolute atomic E-state index is 0.0164. The van der Waals surface area contributed by atoms with Crippen molar-refractivity contribution in [3.63, 3.8) is 0 Å². The molecule has 1 N–H and O–H groups in total. The van der Waals surface area contributed by atoms with Gasteiger partial charge in [0.15, 0.2) is 11.5 Å². The fraction of sp³-hybridized carbons (Fsp3) is 0.435. The minimum atomic E-state index is -3.85. The van der Waals surface area contributed by atoms with E-state index in [1.54, 1.807) is 6.07 Å². The van der Waals surface area contributed by atoms with Crippen LogP contribution in [0.5, 0.6) is 11.5 Å². The summed E-state index contributed by atoms with van der Waals surface area (Å²) in [6.07, 6.45) is 1.11. The number of carbonyl (C=O) groups excluding carboxylic acids is 1. The van der Waals surface area contributed by atoms with Gasteiger partial charge >= 0.3 is 0 Å². The number of fused-ring (bicyclic) bond motifs is 1. The van der Waals surface area contributed by atoms with Crippen LogP contribution in [0.3, 0.4) is 0 Å². The average Bonchev–Trinajstić information content (AvgIpc) is 3.24. The second-order valence-electron chi connectivity index (χ2n) is 8.90. The number of anilines is 1. The molecule has 1 atom stereocenters. The highest BCUT2D eigenvalue weighted by molar-refractivity contribution is 7.89. The van der Waals surface area contributed by atoms with Gasteiger partial charge in [-0.25, -0.2) is 8.42 Å². The molecule has 1 unspecified atom stereocenters. The number of hydrogen-bond donors (Lipinski definition) is 1. The molecule has 0 aliphatic carbocycles. The van der Waals surface area contributed by atoms with E-state index in [1.807, 2.05) is 24.3 Å². The van der Waals surface area contributed by atoms with Gasteiger partial charge in [-0.3, -0.25) is 4.79 Å². The number of hydrogen-bond acceptors (Lipinski definition) is 5. The highest BCUT2D eigenvalue weighted by atomic mass is 32.2. The van der Waals surface area contributed by atoms with E-state index >= 15 is 0 Å². The zero-order valence-corrected chi connectivity index (χ0v) is 18.9. The van der Waals surface area contributed by atoms with Crippen LogP contribution >= 0.6 is 0 Å². The van der Waals surface area contributed by atoms with Gasteiger partial charge in [-0.1, -0.05) is 32.9 Å². The van der Waals surface area contributed by atoms with Gasteiger partial charge < -0.3 is 14.8 Å². The number of amides is 1. The van der Waals surface area contributed by atoms with Crippen LogP contribution in [0.1, 0.15) is 39.2 Å². The van der Waals surface area contributed by atoms with Crippen LogP contribution in [0.15, 0.2) is 47.4 Å². The van der Waals surface area contributed by atoms with Crippen LogP contribution < -0.4 is 14.8 Å². The second kappa shape index (κ2) is 8.16. The third-order valence-electron chi connectivity index (χ3n) is 5.65. The number of nitrogens with zero attached hydrogens (tertiary/aromatic N) is 1. The molecule has 7 nitrogen and oxygen atoms in total. The number of sulfonamides is 1. The van der Waals surface area contributed by atoms with Crippen LogP contribution in [0, 0.1) is 0 Å². The molecule has 0 radical (unpaired) electrons. The van der Waals surface area contributed by atoms with E-state index in [0.29, 0.717) is 49.8 Å². The summed E-state index contributed by atoms with van der Waals surface area (Å²) < 4.78 is 38.9. The second-order valence-corrected chi connectivity index (χ2v) is 10.8. The molecule has 2 aliphatic rings.